The van der Waals surface area contributed by atoms with E-state index in [0.717, 1.165) is 18.4 Å². The fourth-order valence-electron chi connectivity index (χ4n) is 2.75. The number of unbranched alkanes of at least 4 members (excludes halogenated alkanes) is 1. The Labute approximate surface area is 181 Å². The van der Waals surface area contributed by atoms with Crippen molar-refractivity contribution in [3.8, 4) is 0 Å². The molecule has 0 unspecified atom stereocenters. The normalized spacial score (nSPS) is 15.5. The fraction of sp³-hybridized carbons (Fsp3) is 0.200. The summed E-state index contributed by atoms with van der Waals surface area (Å²) in [4.78, 5) is 22.6. The standard InChI is InChI=1S/C12H12O2.C8H2Cl4O2/c1-2-3-8-11-9-6-4-5-7-10(9)12(13)14-11;9-4-2-1-14-8(13)3(2)5(10)7(12)6(4)11/h4-8H,2-3H2,1H3;1H2/b11-8-;. The van der Waals surface area contributed by atoms with Gasteiger partial charge in [-0.2, -0.15) is 0 Å². The molecule has 0 saturated heterocycles. The average Bonchev–Trinajstić information content (AvgIpc) is 3.24. The highest BCUT2D eigenvalue weighted by Gasteiger charge is 2.31. The minimum absolute atomic E-state index is 0.0796. The van der Waals surface area contributed by atoms with Gasteiger partial charge in [0.1, 0.15) is 12.4 Å². The smallest absolute Gasteiger partial charge is 0.344 e. The molecule has 4 nitrogen and oxygen atoms in total. The largest absolute Gasteiger partial charge is 0.457 e. The molecular formula is C20H14Cl4O4. The number of cyclic esters (lactones) is 2. The molecule has 0 bridgehead atoms. The predicted molar refractivity (Wildman–Crippen MR) is 110 cm³/mol. The van der Waals surface area contributed by atoms with Crippen LogP contribution in [0.5, 0.6) is 0 Å². The maximum Gasteiger partial charge on any atom is 0.344 e. The van der Waals surface area contributed by atoms with E-state index in [1.165, 1.54) is 0 Å². The number of carbonyl (C=O) groups excluding carboxylic acids is 2. The maximum atomic E-state index is 11.4. The first kappa shape index (κ1) is 21.0. The van der Waals surface area contributed by atoms with Gasteiger partial charge in [0.25, 0.3) is 0 Å². The topological polar surface area (TPSA) is 52.6 Å². The Morgan fingerprint density at radius 2 is 1.57 bits per heavy atom. The van der Waals surface area contributed by atoms with E-state index in [2.05, 4.69) is 6.92 Å². The molecule has 2 aliphatic rings. The lowest BCUT2D eigenvalue weighted by Crippen LogP contribution is -1.96. The lowest BCUT2D eigenvalue weighted by Gasteiger charge is -2.05. The first-order chi connectivity index (χ1) is 13.4. The number of rotatable bonds is 2. The van der Waals surface area contributed by atoms with Crippen LogP contribution in [0, 0.1) is 0 Å². The van der Waals surface area contributed by atoms with Crippen LogP contribution < -0.4 is 0 Å². The van der Waals surface area contributed by atoms with Crippen molar-refractivity contribution in [3.05, 3.63) is 72.7 Å². The van der Waals surface area contributed by atoms with Gasteiger partial charge >= 0.3 is 11.9 Å². The Bertz CT molecular complexity index is 998. The molecule has 0 saturated carbocycles. The van der Waals surface area contributed by atoms with Crippen molar-refractivity contribution in [2.24, 2.45) is 0 Å². The van der Waals surface area contributed by atoms with Crippen molar-refractivity contribution in [1.29, 1.82) is 0 Å². The van der Waals surface area contributed by atoms with Crippen LogP contribution in [0.1, 0.15) is 51.6 Å². The van der Waals surface area contributed by atoms with Gasteiger partial charge in [-0.25, -0.2) is 9.59 Å². The molecule has 0 atom stereocenters. The zero-order chi connectivity index (χ0) is 20.4. The molecule has 8 heteroatoms. The molecule has 0 N–H and O–H groups in total. The Hall–Kier alpha value is -1.72. The maximum absolute atomic E-state index is 11.4. The van der Waals surface area contributed by atoms with Crippen LogP contribution in [0.15, 0.2) is 30.3 Å². The molecule has 146 valence electrons. The van der Waals surface area contributed by atoms with Crippen LogP contribution in [0.25, 0.3) is 5.76 Å². The van der Waals surface area contributed by atoms with E-state index in [9.17, 15) is 9.59 Å². The zero-order valence-corrected chi connectivity index (χ0v) is 17.7. The molecular weight excluding hydrogens is 446 g/mol. The molecule has 0 radical (unpaired) electrons. The lowest BCUT2D eigenvalue weighted by atomic mass is 10.1. The first-order valence-electron chi connectivity index (χ1n) is 8.40. The third kappa shape index (κ3) is 3.87. The van der Waals surface area contributed by atoms with Crippen LogP contribution in [-0.2, 0) is 16.1 Å². The van der Waals surface area contributed by atoms with Gasteiger partial charge in [0.15, 0.2) is 0 Å². The third-order valence-corrected chi connectivity index (χ3v) is 5.99. The summed E-state index contributed by atoms with van der Waals surface area (Å²) in [5.41, 5.74) is 2.31. The second-order valence-corrected chi connectivity index (χ2v) is 7.49. The van der Waals surface area contributed by atoms with Crippen LogP contribution >= 0.6 is 46.4 Å². The predicted octanol–water partition coefficient (Wildman–Crippen LogP) is 6.97. The van der Waals surface area contributed by atoms with Crippen molar-refractivity contribution in [1.82, 2.24) is 0 Å². The molecule has 0 spiro atoms. The van der Waals surface area contributed by atoms with E-state index in [1.807, 2.05) is 24.3 Å². The number of ether oxygens (including phenoxy) is 2. The van der Waals surface area contributed by atoms with Gasteiger partial charge in [-0.05, 0) is 18.6 Å². The van der Waals surface area contributed by atoms with Gasteiger partial charge in [-0.15, -0.1) is 0 Å². The van der Waals surface area contributed by atoms with Crippen LogP contribution in [0.3, 0.4) is 0 Å². The molecule has 0 amide bonds. The highest BCUT2D eigenvalue weighted by molar-refractivity contribution is 6.53. The number of halogens is 4. The Morgan fingerprint density at radius 3 is 2.25 bits per heavy atom. The van der Waals surface area contributed by atoms with Crippen molar-refractivity contribution < 1.29 is 19.1 Å². The second-order valence-electron chi connectivity index (χ2n) is 5.98. The quantitative estimate of drug-likeness (QED) is 0.276. The van der Waals surface area contributed by atoms with E-state index in [0.29, 0.717) is 16.9 Å². The first-order valence-corrected chi connectivity index (χ1v) is 9.91. The molecule has 28 heavy (non-hydrogen) atoms. The van der Waals surface area contributed by atoms with E-state index < -0.39 is 5.97 Å². The van der Waals surface area contributed by atoms with Gasteiger partial charge in [0, 0.05) is 11.1 Å². The zero-order valence-electron chi connectivity index (χ0n) is 14.7. The van der Waals surface area contributed by atoms with E-state index in [4.69, 9.17) is 55.9 Å². The summed E-state index contributed by atoms with van der Waals surface area (Å²) in [6, 6.07) is 7.48. The summed E-state index contributed by atoms with van der Waals surface area (Å²) < 4.78 is 9.93. The third-order valence-electron chi connectivity index (χ3n) is 4.15. The molecule has 0 aliphatic carbocycles. The van der Waals surface area contributed by atoms with E-state index in [-0.39, 0.29) is 38.2 Å². The van der Waals surface area contributed by atoms with Crippen molar-refractivity contribution >= 4 is 64.1 Å². The van der Waals surface area contributed by atoms with Gasteiger partial charge in [-0.1, -0.05) is 77.9 Å². The van der Waals surface area contributed by atoms with E-state index >= 15 is 0 Å². The number of allylic oxidation sites excluding steroid dienone is 1. The highest BCUT2D eigenvalue weighted by atomic mass is 35.5. The monoisotopic (exact) mass is 458 g/mol. The van der Waals surface area contributed by atoms with E-state index in [1.54, 1.807) is 6.07 Å². The summed E-state index contributed by atoms with van der Waals surface area (Å²) in [6.45, 7) is 2.18. The average molecular weight is 460 g/mol. The molecule has 2 aromatic carbocycles. The SMILES string of the molecule is CCC/C=C1\OC(=O)c2ccccc21.O=C1OCc2c(Cl)c(Cl)c(Cl)c(Cl)c21. The Morgan fingerprint density at radius 1 is 0.929 bits per heavy atom. The lowest BCUT2D eigenvalue weighted by molar-refractivity contribution is 0.0535. The van der Waals surface area contributed by atoms with Gasteiger partial charge in [-0.3, -0.25) is 0 Å². The molecule has 2 aliphatic heterocycles. The molecule has 4 rings (SSSR count). The number of benzene rings is 2. The van der Waals surface area contributed by atoms with Gasteiger partial charge < -0.3 is 9.47 Å². The van der Waals surface area contributed by atoms with Crippen LogP contribution in [0.4, 0.5) is 0 Å². The molecule has 0 fully saturated rings. The minimum Gasteiger partial charge on any atom is -0.457 e. The van der Waals surface area contributed by atoms with Gasteiger partial charge in [0.05, 0.1) is 31.2 Å². The summed E-state index contributed by atoms with van der Waals surface area (Å²) in [5.74, 6) is -0.0409. The highest BCUT2D eigenvalue weighted by Crippen LogP contribution is 2.44. The number of esters is 2. The fourth-order valence-corrected chi connectivity index (χ4v) is 3.77. The molecule has 2 aromatic rings. The Balaban J connectivity index is 0.000000161. The molecule has 0 aromatic heterocycles. The van der Waals surface area contributed by atoms with Crippen LogP contribution in [0.2, 0.25) is 20.1 Å². The second kappa shape index (κ2) is 8.75. The Kier molecular flexibility index (Phi) is 6.56. The molecule has 2 heterocycles. The summed E-state index contributed by atoms with van der Waals surface area (Å²) in [6.07, 6.45) is 3.98. The van der Waals surface area contributed by atoms with Crippen molar-refractivity contribution in [3.63, 3.8) is 0 Å². The van der Waals surface area contributed by atoms with Crippen molar-refractivity contribution in [2.45, 2.75) is 26.4 Å². The van der Waals surface area contributed by atoms with Gasteiger partial charge in [0.2, 0.25) is 0 Å². The van der Waals surface area contributed by atoms with Crippen LogP contribution in [-0.4, -0.2) is 11.9 Å². The summed E-state index contributed by atoms with van der Waals surface area (Å²) >= 11 is 23.3. The minimum atomic E-state index is -0.523. The summed E-state index contributed by atoms with van der Waals surface area (Å²) in [5, 5.41) is 0.548. The summed E-state index contributed by atoms with van der Waals surface area (Å²) in [7, 11) is 0. The number of hydrogen-bond donors (Lipinski definition) is 0. The number of fused-ring (bicyclic) bond motifs is 2. The number of carbonyl (C=O) groups is 2. The number of hydrogen-bond acceptors (Lipinski definition) is 4. The van der Waals surface area contributed by atoms with Crippen molar-refractivity contribution in [2.75, 3.05) is 0 Å².